The number of hydrogen-bond donors (Lipinski definition) is 0. The highest BCUT2D eigenvalue weighted by Gasteiger charge is 2.84. The predicted octanol–water partition coefficient (Wildman–Crippen LogP) is 3.92. The fourth-order valence-electron chi connectivity index (χ4n) is 5.23. The highest BCUT2D eigenvalue weighted by atomic mass is 32.2. The molecule has 0 amide bonds. The molecule has 0 unspecified atom stereocenters. The van der Waals surface area contributed by atoms with Crippen LogP contribution in [0.15, 0.2) is 30.3 Å². The molecule has 1 heterocycles. The van der Waals surface area contributed by atoms with Crippen LogP contribution in [-0.2, 0) is 4.79 Å². The number of carbonyl (C=O) groups excluding carboxylic acids is 1. The van der Waals surface area contributed by atoms with Crippen LogP contribution in [0, 0.1) is 38.9 Å². The summed E-state index contributed by atoms with van der Waals surface area (Å²) < 4.78 is -0.686. The second-order valence-electron chi connectivity index (χ2n) is 7.57. The van der Waals surface area contributed by atoms with E-state index < -0.39 is 21.0 Å². The molecule has 1 spiro atoms. The fourth-order valence-corrected chi connectivity index (χ4v) is 7.46. The molecule has 1 aromatic rings. The van der Waals surface area contributed by atoms with Crippen molar-refractivity contribution in [3.8, 4) is 12.1 Å². The van der Waals surface area contributed by atoms with Gasteiger partial charge in [-0.05, 0) is 5.56 Å². The van der Waals surface area contributed by atoms with E-state index in [0.717, 1.165) is 5.56 Å². The van der Waals surface area contributed by atoms with Crippen LogP contribution in [0.25, 0.3) is 0 Å². The molecule has 3 rings (SSSR count). The second-order valence-corrected chi connectivity index (χ2v) is 8.80. The zero-order valence-electron chi connectivity index (χ0n) is 13.9. The Balaban J connectivity index is 2.25. The van der Waals surface area contributed by atoms with E-state index in [1.54, 1.807) is 11.8 Å². The number of carbonyl (C=O) groups is 1. The number of ketones is 1. The van der Waals surface area contributed by atoms with Crippen LogP contribution >= 0.6 is 11.8 Å². The molecule has 23 heavy (non-hydrogen) atoms. The number of rotatable bonds is 1. The molecule has 0 aromatic heterocycles. The first kappa shape index (κ1) is 16.1. The quantitative estimate of drug-likeness (QED) is 0.785. The SMILES string of the molecule is CC1(C)C(=O)C(C)(C)C12SC[C@H](c1ccccc1)C2(C#N)C#N. The zero-order chi connectivity index (χ0) is 17.1. The minimum absolute atomic E-state index is 0.140. The Bertz CT molecular complexity index is 720. The first-order chi connectivity index (χ1) is 10.7. The predicted molar refractivity (Wildman–Crippen MR) is 90.6 cm³/mol. The van der Waals surface area contributed by atoms with Crippen LogP contribution in [0.4, 0.5) is 0 Å². The Morgan fingerprint density at radius 2 is 1.57 bits per heavy atom. The molecule has 1 aliphatic carbocycles. The van der Waals surface area contributed by atoms with E-state index in [9.17, 15) is 15.3 Å². The number of thioether (sulfide) groups is 1. The first-order valence-corrected chi connectivity index (χ1v) is 8.78. The van der Waals surface area contributed by atoms with Gasteiger partial charge in [-0.15, -0.1) is 11.8 Å². The Kier molecular flexibility index (Phi) is 3.23. The Morgan fingerprint density at radius 3 is 2.04 bits per heavy atom. The molecule has 0 bridgehead atoms. The smallest absolute Gasteiger partial charge is 0.167 e. The molecule has 2 fully saturated rings. The van der Waals surface area contributed by atoms with Crippen molar-refractivity contribution in [3.05, 3.63) is 35.9 Å². The van der Waals surface area contributed by atoms with Crippen molar-refractivity contribution >= 4 is 17.5 Å². The van der Waals surface area contributed by atoms with Crippen LogP contribution in [0.3, 0.4) is 0 Å². The van der Waals surface area contributed by atoms with E-state index in [-0.39, 0.29) is 11.7 Å². The Labute approximate surface area is 141 Å². The summed E-state index contributed by atoms with van der Waals surface area (Å²) in [5.41, 5.74) is -1.57. The number of hydrogen-bond acceptors (Lipinski definition) is 4. The Hall–Kier alpha value is -1.78. The molecule has 1 saturated heterocycles. The average Bonchev–Trinajstić information content (AvgIpc) is 2.92. The molecule has 1 aliphatic heterocycles. The van der Waals surface area contributed by atoms with Gasteiger partial charge in [0.2, 0.25) is 0 Å². The molecule has 0 N–H and O–H groups in total. The fraction of sp³-hybridized carbons (Fsp3) is 0.526. The molecule has 2 aliphatic rings. The molecular formula is C19H20N2OS. The van der Waals surface area contributed by atoms with Gasteiger partial charge >= 0.3 is 0 Å². The maximum absolute atomic E-state index is 12.7. The van der Waals surface area contributed by atoms with Gasteiger partial charge in [-0.2, -0.15) is 10.5 Å². The molecule has 3 nitrogen and oxygen atoms in total. The average molecular weight is 324 g/mol. The lowest BCUT2D eigenvalue weighted by molar-refractivity contribution is -0.166. The number of Topliss-reactive ketones (excluding diaryl/α,β-unsaturated/α-hetero) is 1. The lowest BCUT2D eigenvalue weighted by atomic mass is 9.38. The van der Waals surface area contributed by atoms with Gasteiger partial charge in [-0.25, -0.2) is 0 Å². The molecule has 0 radical (unpaired) electrons. The van der Waals surface area contributed by atoms with E-state index in [4.69, 9.17) is 0 Å². The molecular weight excluding hydrogens is 304 g/mol. The minimum Gasteiger partial charge on any atom is -0.298 e. The van der Waals surface area contributed by atoms with Gasteiger partial charge in [0.05, 0.1) is 16.9 Å². The molecule has 118 valence electrons. The lowest BCUT2D eigenvalue weighted by Crippen LogP contribution is -2.77. The van der Waals surface area contributed by atoms with Crippen molar-refractivity contribution in [2.75, 3.05) is 5.75 Å². The van der Waals surface area contributed by atoms with Crippen LogP contribution in [0.5, 0.6) is 0 Å². The summed E-state index contributed by atoms with van der Waals surface area (Å²) in [5.74, 6) is 0.641. The van der Waals surface area contributed by atoms with Gasteiger partial charge in [-0.3, -0.25) is 4.79 Å². The van der Waals surface area contributed by atoms with Gasteiger partial charge < -0.3 is 0 Å². The van der Waals surface area contributed by atoms with E-state index in [1.807, 2.05) is 58.0 Å². The van der Waals surface area contributed by atoms with E-state index in [1.165, 1.54) is 0 Å². The van der Waals surface area contributed by atoms with Crippen LogP contribution in [0.2, 0.25) is 0 Å². The summed E-state index contributed by atoms with van der Waals surface area (Å²) in [6.07, 6.45) is 0. The summed E-state index contributed by atoms with van der Waals surface area (Å²) in [7, 11) is 0. The lowest BCUT2D eigenvalue weighted by Gasteiger charge is -2.66. The van der Waals surface area contributed by atoms with Crippen molar-refractivity contribution in [1.82, 2.24) is 0 Å². The van der Waals surface area contributed by atoms with Gasteiger partial charge in [-0.1, -0.05) is 58.0 Å². The number of nitriles is 2. The standard InChI is InChI=1S/C19H20N2OS/c1-16(2)15(22)17(3,4)19(16)18(11-20,12-21)14(10-23-19)13-8-6-5-7-9-13/h5-9,14H,10H2,1-4H3/t14-/m1/s1. The summed E-state index contributed by atoms with van der Waals surface area (Å²) in [6.45, 7) is 7.57. The van der Waals surface area contributed by atoms with Crippen LogP contribution in [-0.4, -0.2) is 16.3 Å². The molecule has 1 atom stereocenters. The van der Waals surface area contributed by atoms with E-state index in [0.29, 0.717) is 5.75 Å². The summed E-state index contributed by atoms with van der Waals surface area (Å²) in [4.78, 5) is 12.7. The summed E-state index contributed by atoms with van der Waals surface area (Å²) in [5, 5.41) is 20.2. The maximum atomic E-state index is 12.7. The van der Waals surface area contributed by atoms with E-state index >= 15 is 0 Å². The van der Waals surface area contributed by atoms with Gasteiger partial charge in [0.15, 0.2) is 5.41 Å². The highest BCUT2D eigenvalue weighted by Crippen LogP contribution is 2.77. The highest BCUT2D eigenvalue weighted by molar-refractivity contribution is 8.01. The van der Waals surface area contributed by atoms with Gasteiger partial charge in [0.1, 0.15) is 5.78 Å². The monoisotopic (exact) mass is 324 g/mol. The van der Waals surface area contributed by atoms with Crippen molar-refractivity contribution in [1.29, 1.82) is 10.5 Å². The van der Waals surface area contributed by atoms with Crippen molar-refractivity contribution in [3.63, 3.8) is 0 Å². The summed E-state index contributed by atoms with van der Waals surface area (Å²) in [6, 6.07) is 14.5. The third kappa shape index (κ3) is 1.49. The van der Waals surface area contributed by atoms with E-state index in [2.05, 4.69) is 12.1 Å². The number of nitrogens with zero attached hydrogens (tertiary/aromatic N) is 2. The van der Waals surface area contributed by atoms with Crippen LogP contribution in [0.1, 0.15) is 39.2 Å². The van der Waals surface area contributed by atoms with Gasteiger partial charge in [0.25, 0.3) is 0 Å². The zero-order valence-corrected chi connectivity index (χ0v) is 14.7. The topological polar surface area (TPSA) is 64.7 Å². The van der Waals surface area contributed by atoms with Crippen LogP contribution < -0.4 is 0 Å². The Morgan fingerprint density at radius 1 is 1.04 bits per heavy atom. The molecule has 4 heteroatoms. The third-order valence-corrected chi connectivity index (χ3v) is 8.27. The summed E-state index contributed by atoms with van der Waals surface area (Å²) >= 11 is 1.64. The largest absolute Gasteiger partial charge is 0.298 e. The molecule has 1 aromatic carbocycles. The van der Waals surface area contributed by atoms with Crippen molar-refractivity contribution < 1.29 is 4.79 Å². The number of benzene rings is 1. The normalized spacial score (nSPS) is 28.6. The second kappa shape index (κ2) is 4.62. The first-order valence-electron chi connectivity index (χ1n) is 7.79. The van der Waals surface area contributed by atoms with Crippen molar-refractivity contribution in [2.45, 2.75) is 38.4 Å². The minimum atomic E-state index is -1.21. The third-order valence-electron chi connectivity index (χ3n) is 5.99. The molecule has 1 saturated carbocycles. The maximum Gasteiger partial charge on any atom is 0.167 e. The van der Waals surface area contributed by atoms with Crippen molar-refractivity contribution in [2.24, 2.45) is 16.2 Å². The van der Waals surface area contributed by atoms with Gasteiger partial charge in [0, 0.05) is 22.5 Å².